The minimum absolute atomic E-state index is 0.0105. The molecule has 1 N–H and O–H groups in total. The van der Waals surface area contributed by atoms with Crippen LogP contribution in [0, 0.1) is 5.92 Å². The first-order valence-electron chi connectivity index (χ1n) is 10.7. The van der Waals surface area contributed by atoms with Gasteiger partial charge in [-0.2, -0.15) is 4.98 Å². The zero-order valence-electron chi connectivity index (χ0n) is 17.8. The highest BCUT2D eigenvalue weighted by atomic mass is 16.5. The van der Waals surface area contributed by atoms with Gasteiger partial charge < -0.3 is 9.64 Å². The number of imidazole rings is 1. The zero-order chi connectivity index (χ0) is 21.9. The van der Waals surface area contributed by atoms with Crippen molar-refractivity contribution in [2.75, 3.05) is 30.4 Å². The van der Waals surface area contributed by atoms with Gasteiger partial charge in [0.25, 0.3) is 0 Å². The van der Waals surface area contributed by atoms with Crippen molar-refractivity contribution in [3.05, 3.63) is 66.9 Å². The van der Waals surface area contributed by atoms with Crippen LogP contribution in [0.1, 0.15) is 12.8 Å². The van der Waals surface area contributed by atoms with Crippen LogP contribution in [-0.4, -0.2) is 45.6 Å². The predicted octanol–water partition coefficient (Wildman–Crippen LogP) is 3.68. The molecule has 162 valence electrons. The number of carbonyl (C=O) groups excluding carboxylic acids is 1. The van der Waals surface area contributed by atoms with E-state index in [1.807, 2.05) is 59.2 Å². The van der Waals surface area contributed by atoms with E-state index in [0.717, 1.165) is 29.6 Å². The fourth-order valence-corrected chi connectivity index (χ4v) is 4.10. The fraction of sp³-hybridized carbons (Fsp3) is 0.250. The second-order valence-electron chi connectivity index (χ2n) is 7.74. The highest BCUT2D eigenvalue weighted by Crippen LogP contribution is 2.27. The van der Waals surface area contributed by atoms with Gasteiger partial charge in [0, 0.05) is 37.0 Å². The van der Waals surface area contributed by atoms with E-state index in [-0.39, 0.29) is 11.8 Å². The van der Waals surface area contributed by atoms with Crippen LogP contribution in [0.3, 0.4) is 0 Å². The molecule has 8 heteroatoms. The van der Waals surface area contributed by atoms with E-state index in [1.165, 1.54) is 0 Å². The molecule has 0 bridgehead atoms. The van der Waals surface area contributed by atoms with Gasteiger partial charge >= 0.3 is 0 Å². The molecule has 1 amide bonds. The van der Waals surface area contributed by atoms with Gasteiger partial charge in [0.05, 0.1) is 18.1 Å². The molecule has 0 aliphatic carbocycles. The number of hydrogen-bond acceptors (Lipinski definition) is 6. The molecule has 3 heterocycles. The van der Waals surface area contributed by atoms with E-state index in [2.05, 4.69) is 20.2 Å². The Morgan fingerprint density at radius 1 is 1.00 bits per heavy atom. The molecule has 1 aliphatic rings. The zero-order valence-corrected chi connectivity index (χ0v) is 17.8. The first-order chi connectivity index (χ1) is 15.7. The number of anilines is 2. The van der Waals surface area contributed by atoms with Crippen LogP contribution < -0.4 is 15.0 Å². The Balaban J connectivity index is 1.33. The number of aromatic nitrogens is 4. The molecular formula is C24H24N6O2. The van der Waals surface area contributed by atoms with Gasteiger partial charge in [-0.15, -0.1) is 0 Å². The average Bonchev–Trinajstić information content (AvgIpc) is 3.22. The van der Waals surface area contributed by atoms with Crippen molar-refractivity contribution >= 4 is 28.8 Å². The summed E-state index contributed by atoms with van der Waals surface area (Å²) in [6.45, 7) is 1.42. The monoisotopic (exact) mass is 428 g/mol. The summed E-state index contributed by atoms with van der Waals surface area (Å²) in [5.74, 6) is 1.61. The van der Waals surface area contributed by atoms with Gasteiger partial charge in [-0.25, -0.2) is 9.97 Å². The number of methoxy groups -OCH3 is 1. The van der Waals surface area contributed by atoms with E-state index < -0.39 is 0 Å². The van der Waals surface area contributed by atoms with Gasteiger partial charge in [0.1, 0.15) is 0 Å². The summed E-state index contributed by atoms with van der Waals surface area (Å²) < 4.78 is 7.19. The number of ether oxygens (including phenoxy) is 1. The summed E-state index contributed by atoms with van der Waals surface area (Å²) >= 11 is 0. The van der Waals surface area contributed by atoms with Crippen molar-refractivity contribution < 1.29 is 9.53 Å². The topological polar surface area (TPSA) is 85.2 Å². The van der Waals surface area contributed by atoms with Gasteiger partial charge in [0.2, 0.25) is 23.7 Å². The second-order valence-corrected chi connectivity index (χ2v) is 7.74. The lowest BCUT2D eigenvalue weighted by molar-refractivity contribution is -0.120. The number of nitrogens with zero attached hydrogens (tertiary/aromatic N) is 5. The number of benzene rings is 2. The molecule has 8 nitrogen and oxygen atoms in total. The fourth-order valence-electron chi connectivity index (χ4n) is 4.10. The predicted molar refractivity (Wildman–Crippen MR) is 123 cm³/mol. The number of fused-ring (bicyclic) bond motifs is 1. The summed E-state index contributed by atoms with van der Waals surface area (Å²) in [6, 6.07) is 19.6. The molecule has 32 heavy (non-hydrogen) atoms. The second kappa shape index (κ2) is 8.66. The molecule has 0 unspecified atom stereocenters. The first-order valence-corrected chi connectivity index (χ1v) is 10.7. The number of nitrogens with one attached hydrogen (secondary N) is 1. The quantitative estimate of drug-likeness (QED) is 0.522. The maximum absolute atomic E-state index is 13.1. The summed E-state index contributed by atoms with van der Waals surface area (Å²) in [7, 11) is 1.59. The van der Waals surface area contributed by atoms with Crippen LogP contribution >= 0.6 is 0 Å². The average molecular weight is 428 g/mol. The van der Waals surface area contributed by atoms with Crippen LogP contribution in [0.25, 0.3) is 16.7 Å². The minimum Gasteiger partial charge on any atom is -0.481 e. The number of amides is 1. The number of rotatable bonds is 5. The maximum Gasteiger partial charge on any atom is 0.229 e. The van der Waals surface area contributed by atoms with E-state index >= 15 is 0 Å². The summed E-state index contributed by atoms with van der Waals surface area (Å²) in [5, 5.41) is 3.08. The Labute approximate surface area is 185 Å². The van der Waals surface area contributed by atoms with Crippen LogP contribution in [0.4, 0.5) is 11.9 Å². The maximum atomic E-state index is 13.1. The third kappa shape index (κ3) is 3.87. The lowest BCUT2D eigenvalue weighted by Crippen LogP contribution is -2.39. The van der Waals surface area contributed by atoms with Crippen molar-refractivity contribution in [3.63, 3.8) is 0 Å². The van der Waals surface area contributed by atoms with Crippen LogP contribution in [-0.2, 0) is 4.79 Å². The molecule has 2 aromatic heterocycles. The Kier molecular flexibility index (Phi) is 5.41. The van der Waals surface area contributed by atoms with Crippen molar-refractivity contribution in [2.24, 2.45) is 5.92 Å². The van der Waals surface area contributed by atoms with E-state index in [1.54, 1.807) is 19.4 Å². The smallest absolute Gasteiger partial charge is 0.229 e. The SMILES string of the molecule is COc1ccnc(N2CCC(C(=O)Nc3nc4ccccc4n3-c3ccccc3)CC2)n1. The van der Waals surface area contributed by atoms with Crippen LogP contribution in [0.15, 0.2) is 66.9 Å². The molecule has 2 aromatic carbocycles. The van der Waals surface area contributed by atoms with Gasteiger partial charge in [-0.1, -0.05) is 30.3 Å². The number of piperidine rings is 1. The van der Waals surface area contributed by atoms with Gasteiger partial charge in [-0.05, 0) is 37.1 Å². The van der Waals surface area contributed by atoms with E-state index in [9.17, 15) is 4.79 Å². The summed E-state index contributed by atoms with van der Waals surface area (Å²) in [6.07, 6.45) is 3.13. The molecular weight excluding hydrogens is 404 g/mol. The van der Waals surface area contributed by atoms with E-state index in [0.29, 0.717) is 30.9 Å². The van der Waals surface area contributed by atoms with Gasteiger partial charge in [-0.3, -0.25) is 14.7 Å². The van der Waals surface area contributed by atoms with Gasteiger partial charge in [0.15, 0.2) is 0 Å². The number of para-hydroxylation sites is 3. The molecule has 1 fully saturated rings. The van der Waals surface area contributed by atoms with Crippen molar-refractivity contribution in [3.8, 4) is 11.6 Å². The normalized spacial score (nSPS) is 14.5. The van der Waals surface area contributed by atoms with Crippen LogP contribution in [0.2, 0.25) is 0 Å². The molecule has 1 saturated heterocycles. The molecule has 4 aromatic rings. The molecule has 0 atom stereocenters. The van der Waals surface area contributed by atoms with E-state index in [4.69, 9.17) is 9.72 Å². The Morgan fingerprint density at radius 2 is 1.75 bits per heavy atom. The highest BCUT2D eigenvalue weighted by molar-refractivity contribution is 5.94. The Morgan fingerprint density at radius 3 is 2.53 bits per heavy atom. The van der Waals surface area contributed by atoms with Crippen molar-refractivity contribution in [1.82, 2.24) is 19.5 Å². The Hall–Kier alpha value is -3.94. The summed E-state index contributed by atoms with van der Waals surface area (Å²) in [4.78, 5) is 28.7. The highest BCUT2D eigenvalue weighted by Gasteiger charge is 2.27. The summed E-state index contributed by atoms with van der Waals surface area (Å²) in [5.41, 5.74) is 2.76. The van der Waals surface area contributed by atoms with Crippen molar-refractivity contribution in [1.29, 1.82) is 0 Å². The lowest BCUT2D eigenvalue weighted by Gasteiger charge is -2.31. The molecule has 5 rings (SSSR count). The third-order valence-corrected chi connectivity index (χ3v) is 5.79. The number of hydrogen-bond donors (Lipinski definition) is 1. The molecule has 1 aliphatic heterocycles. The molecule has 0 saturated carbocycles. The minimum atomic E-state index is -0.0964. The Bertz CT molecular complexity index is 1230. The van der Waals surface area contributed by atoms with Crippen molar-refractivity contribution in [2.45, 2.75) is 12.8 Å². The first kappa shape index (κ1) is 20.0. The largest absolute Gasteiger partial charge is 0.481 e. The van der Waals surface area contributed by atoms with Crippen LogP contribution in [0.5, 0.6) is 5.88 Å². The lowest BCUT2D eigenvalue weighted by atomic mass is 9.96. The number of carbonyl (C=O) groups is 1. The molecule has 0 radical (unpaired) electrons. The standard InChI is InChI=1S/C24H24N6O2/c1-32-21-11-14-25-23(27-21)29-15-12-17(13-16-29)22(31)28-24-26-19-9-5-6-10-20(19)30(24)18-7-3-2-4-8-18/h2-11,14,17H,12-13,15-16H2,1H3,(H,26,28,31). The molecule has 0 spiro atoms. The third-order valence-electron chi connectivity index (χ3n) is 5.79.